The molecule has 4 nitrogen and oxygen atoms in total. The van der Waals surface area contributed by atoms with Crippen molar-refractivity contribution in [2.45, 2.75) is 46.0 Å². The summed E-state index contributed by atoms with van der Waals surface area (Å²) in [6, 6.07) is 0. The van der Waals surface area contributed by atoms with E-state index in [0.29, 0.717) is 17.2 Å². The maximum atomic E-state index is 11.9. The van der Waals surface area contributed by atoms with Crippen molar-refractivity contribution in [1.29, 1.82) is 0 Å². The van der Waals surface area contributed by atoms with Crippen LogP contribution in [-0.4, -0.2) is 17.6 Å². The second kappa shape index (κ2) is 6.42. The highest BCUT2D eigenvalue weighted by Crippen LogP contribution is 2.28. The smallest absolute Gasteiger partial charge is 0.229 e. The number of aryl methyl sites for hydroxylation is 1. The molecule has 1 N–H and O–H groups in total. The largest absolute Gasteiger partial charge is 0.356 e. The lowest BCUT2D eigenvalue weighted by molar-refractivity contribution is -0.120. The Kier molecular flexibility index (Phi) is 4.86. The number of carbonyl (C=O) groups is 1. The molecule has 5 heteroatoms. The zero-order chi connectivity index (χ0) is 13.8. The van der Waals surface area contributed by atoms with Crippen LogP contribution in [0, 0.1) is 18.8 Å². The van der Waals surface area contributed by atoms with Crippen LogP contribution < -0.4 is 5.32 Å². The number of halogens is 1. The van der Waals surface area contributed by atoms with Crippen LogP contribution in [0.15, 0.2) is 4.52 Å². The SMILES string of the molecule is Cc1noc(Cl)c1CC(=O)NC[C@@H]1CCC[C@@H](C)C1. The van der Waals surface area contributed by atoms with Crippen molar-refractivity contribution in [2.75, 3.05) is 6.54 Å². The van der Waals surface area contributed by atoms with E-state index < -0.39 is 0 Å². The van der Waals surface area contributed by atoms with Gasteiger partial charge in [-0.2, -0.15) is 0 Å². The van der Waals surface area contributed by atoms with Crippen LogP contribution in [0.3, 0.4) is 0 Å². The molecule has 1 heterocycles. The van der Waals surface area contributed by atoms with E-state index in [-0.39, 0.29) is 17.5 Å². The lowest BCUT2D eigenvalue weighted by Gasteiger charge is -2.26. The van der Waals surface area contributed by atoms with E-state index in [9.17, 15) is 4.79 Å². The van der Waals surface area contributed by atoms with E-state index in [1.807, 2.05) is 0 Å². The number of nitrogens with one attached hydrogen (secondary N) is 1. The first-order chi connectivity index (χ1) is 9.06. The molecule has 1 aromatic heterocycles. The summed E-state index contributed by atoms with van der Waals surface area (Å²) in [4.78, 5) is 11.9. The quantitative estimate of drug-likeness (QED) is 0.924. The highest BCUT2D eigenvalue weighted by atomic mass is 35.5. The topological polar surface area (TPSA) is 55.1 Å². The van der Waals surface area contributed by atoms with Gasteiger partial charge in [0.25, 0.3) is 0 Å². The molecular weight excluding hydrogens is 264 g/mol. The Morgan fingerprint density at radius 3 is 2.95 bits per heavy atom. The van der Waals surface area contributed by atoms with Gasteiger partial charge < -0.3 is 9.84 Å². The number of aromatic nitrogens is 1. The molecule has 0 aliphatic heterocycles. The van der Waals surface area contributed by atoms with Gasteiger partial charge >= 0.3 is 0 Å². The Labute approximate surface area is 118 Å². The fraction of sp³-hybridized carbons (Fsp3) is 0.714. The first-order valence-electron chi connectivity index (χ1n) is 6.93. The normalized spacial score (nSPS) is 23.3. The van der Waals surface area contributed by atoms with Gasteiger partial charge in [0.2, 0.25) is 11.1 Å². The molecule has 0 aromatic carbocycles. The van der Waals surface area contributed by atoms with Gasteiger partial charge in [-0.3, -0.25) is 4.79 Å². The van der Waals surface area contributed by atoms with Crippen molar-refractivity contribution >= 4 is 17.5 Å². The standard InChI is InChI=1S/C14H21ClN2O2/c1-9-4-3-5-11(6-9)8-16-13(18)7-12-10(2)17-19-14(12)15/h9,11H,3-8H2,1-2H3,(H,16,18)/t9-,11-/m1/s1. The predicted octanol–water partition coefficient (Wildman–Crippen LogP) is 3.12. The minimum absolute atomic E-state index is 0.00794. The van der Waals surface area contributed by atoms with Gasteiger partial charge in [-0.25, -0.2) is 0 Å². The summed E-state index contributed by atoms with van der Waals surface area (Å²) in [5.74, 6) is 1.39. The van der Waals surface area contributed by atoms with Crippen LogP contribution in [0.5, 0.6) is 0 Å². The Hall–Kier alpha value is -1.03. The van der Waals surface area contributed by atoms with Gasteiger partial charge in [0, 0.05) is 12.1 Å². The second-order valence-corrected chi connectivity index (χ2v) is 5.98. The van der Waals surface area contributed by atoms with E-state index in [1.165, 1.54) is 25.7 Å². The Morgan fingerprint density at radius 2 is 2.32 bits per heavy atom. The van der Waals surface area contributed by atoms with Gasteiger partial charge in [-0.15, -0.1) is 0 Å². The van der Waals surface area contributed by atoms with Gasteiger partial charge in [0.05, 0.1) is 12.1 Å². The Balaban J connectivity index is 1.79. The molecule has 0 bridgehead atoms. The van der Waals surface area contributed by atoms with Crippen LogP contribution in [-0.2, 0) is 11.2 Å². The summed E-state index contributed by atoms with van der Waals surface area (Å²) in [5, 5.41) is 6.96. The van der Waals surface area contributed by atoms with Crippen LogP contribution in [0.4, 0.5) is 0 Å². The Morgan fingerprint density at radius 1 is 1.53 bits per heavy atom. The highest BCUT2D eigenvalue weighted by molar-refractivity contribution is 6.29. The molecule has 2 atom stereocenters. The summed E-state index contributed by atoms with van der Waals surface area (Å²) in [6.45, 7) is 4.85. The maximum absolute atomic E-state index is 11.9. The van der Waals surface area contributed by atoms with E-state index in [2.05, 4.69) is 17.4 Å². The van der Waals surface area contributed by atoms with E-state index in [4.69, 9.17) is 16.1 Å². The number of carbonyl (C=O) groups excluding carboxylic acids is 1. The first-order valence-corrected chi connectivity index (χ1v) is 7.31. The number of hydrogen-bond acceptors (Lipinski definition) is 3. The molecule has 2 rings (SSSR count). The van der Waals surface area contributed by atoms with Gasteiger partial charge in [0.15, 0.2) is 0 Å². The fourth-order valence-electron chi connectivity index (χ4n) is 2.78. The van der Waals surface area contributed by atoms with E-state index >= 15 is 0 Å². The van der Waals surface area contributed by atoms with Crippen molar-refractivity contribution in [3.8, 4) is 0 Å². The van der Waals surface area contributed by atoms with Crippen LogP contribution in [0.2, 0.25) is 5.22 Å². The maximum Gasteiger partial charge on any atom is 0.229 e. The first kappa shape index (κ1) is 14.4. The minimum Gasteiger partial charge on any atom is -0.356 e. The molecule has 1 saturated carbocycles. The molecule has 0 radical (unpaired) electrons. The third-order valence-electron chi connectivity index (χ3n) is 3.91. The highest BCUT2D eigenvalue weighted by Gasteiger charge is 2.20. The molecular formula is C14H21ClN2O2. The molecule has 0 saturated heterocycles. The van der Waals surface area contributed by atoms with Crippen LogP contribution in [0.1, 0.15) is 43.9 Å². The lowest BCUT2D eigenvalue weighted by Crippen LogP contribution is -2.32. The van der Waals surface area contributed by atoms with Gasteiger partial charge in [-0.05, 0) is 43.2 Å². The number of nitrogens with zero attached hydrogens (tertiary/aromatic N) is 1. The van der Waals surface area contributed by atoms with Gasteiger partial charge in [-0.1, -0.05) is 24.9 Å². The zero-order valence-electron chi connectivity index (χ0n) is 11.5. The molecule has 1 amide bonds. The van der Waals surface area contributed by atoms with Crippen molar-refractivity contribution in [3.05, 3.63) is 16.5 Å². The predicted molar refractivity (Wildman–Crippen MR) is 74.1 cm³/mol. The van der Waals surface area contributed by atoms with Crippen molar-refractivity contribution in [1.82, 2.24) is 10.5 Å². The Bertz CT molecular complexity index is 425. The lowest BCUT2D eigenvalue weighted by atomic mass is 9.82. The second-order valence-electron chi connectivity index (χ2n) is 5.64. The fourth-order valence-corrected chi connectivity index (χ4v) is 3.02. The zero-order valence-corrected chi connectivity index (χ0v) is 12.3. The summed E-state index contributed by atoms with van der Waals surface area (Å²) in [5.41, 5.74) is 1.38. The molecule has 1 aromatic rings. The summed E-state index contributed by atoms with van der Waals surface area (Å²) in [6.07, 6.45) is 5.28. The van der Waals surface area contributed by atoms with Crippen LogP contribution in [0.25, 0.3) is 0 Å². The molecule has 106 valence electrons. The molecule has 0 unspecified atom stereocenters. The third-order valence-corrected chi connectivity index (χ3v) is 4.20. The average Bonchev–Trinajstić information content (AvgIpc) is 2.68. The molecule has 19 heavy (non-hydrogen) atoms. The molecule has 1 aliphatic carbocycles. The number of hydrogen-bond donors (Lipinski definition) is 1. The van der Waals surface area contributed by atoms with Crippen molar-refractivity contribution in [2.24, 2.45) is 11.8 Å². The van der Waals surface area contributed by atoms with Crippen molar-refractivity contribution in [3.63, 3.8) is 0 Å². The van der Waals surface area contributed by atoms with E-state index in [1.54, 1.807) is 6.92 Å². The number of amides is 1. The monoisotopic (exact) mass is 284 g/mol. The number of rotatable bonds is 4. The summed E-state index contributed by atoms with van der Waals surface area (Å²) >= 11 is 5.85. The van der Waals surface area contributed by atoms with Crippen LogP contribution >= 0.6 is 11.6 Å². The summed E-state index contributed by atoms with van der Waals surface area (Å²) in [7, 11) is 0. The molecule has 1 aliphatic rings. The molecule has 0 spiro atoms. The summed E-state index contributed by atoms with van der Waals surface area (Å²) < 4.78 is 4.84. The molecule has 1 fully saturated rings. The van der Waals surface area contributed by atoms with Gasteiger partial charge in [0.1, 0.15) is 0 Å². The average molecular weight is 285 g/mol. The third kappa shape index (κ3) is 3.96. The minimum atomic E-state index is -0.00794. The van der Waals surface area contributed by atoms with E-state index in [0.717, 1.165) is 12.5 Å². The van der Waals surface area contributed by atoms with Crippen molar-refractivity contribution < 1.29 is 9.32 Å².